The van der Waals surface area contributed by atoms with E-state index >= 15 is 0 Å². The first kappa shape index (κ1) is 16.9. The van der Waals surface area contributed by atoms with Gasteiger partial charge in [0.2, 0.25) is 0 Å². The van der Waals surface area contributed by atoms with Gasteiger partial charge >= 0.3 is 11.8 Å². The van der Waals surface area contributed by atoms with Gasteiger partial charge in [-0.25, -0.2) is 0 Å². The minimum Gasteiger partial charge on any atom is -0.383 e. The summed E-state index contributed by atoms with van der Waals surface area (Å²) in [6.07, 6.45) is 2.94. The molecule has 0 radical (unpaired) electrons. The lowest BCUT2D eigenvalue weighted by molar-refractivity contribution is -0.139. The van der Waals surface area contributed by atoms with Gasteiger partial charge in [-0.1, -0.05) is 6.92 Å². The van der Waals surface area contributed by atoms with Gasteiger partial charge in [0.25, 0.3) is 0 Å². The van der Waals surface area contributed by atoms with Crippen LogP contribution >= 0.6 is 0 Å². The smallest absolute Gasteiger partial charge is 0.309 e. The Kier molecular flexibility index (Phi) is 8.22. The molecule has 0 saturated carbocycles. The molecule has 1 aliphatic heterocycles. The van der Waals surface area contributed by atoms with Crippen molar-refractivity contribution in [2.45, 2.75) is 26.2 Å². The zero-order valence-corrected chi connectivity index (χ0v) is 12.6. The Morgan fingerprint density at radius 3 is 2.45 bits per heavy atom. The fourth-order valence-corrected chi connectivity index (χ4v) is 2.27. The van der Waals surface area contributed by atoms with Gasteiger partial charge in [-0.05, 0) is 38.3 Å². The standard InChI is InChI=1S/C14H27N3O3/c1-3-6-15-13(18)14(19)16-11-12-4-7-17(8-5-12)9-10-20-2/h12H,3-11H2,1-2H3,(H,15,18)(H,16,19). The maximum Gasteiger partial charge on any atom is 0.309 e. The first-order valence-corrected chi connectivity index (χ1v) is 7.44. The van der Waals surface area contributed by atoms with Crippen molar-refractivity contribution in [2.24, 2.45) is 5.92 Å². The van der Waals surface area contributed by atoms with Gasteiger partial charge < -0.3 is 20.3 Å². The second-order valence-corrected chi connectivity index (χ2v) is 5.24. The lowest BCUT2D eigenvalue weighted by atomic mass is 9.97. The highest BCUT2D eigenvalue weighted by Gasteiger charge is 2.20. The summed E-state index contributed by atoms with van der Waals surface area (Å²) in [5.74, 6) is -0.568. The molecule has 0 bridgehead atoms. The molecule has 0 aliphatic carbocycles. The van der Waals surface area contributed by atoms with Crippen molar-refractivity contribution in [3.63, 3.8) is 0 Å². The van der Waals surface area contributed by atoms with E-state index in [-0.39, 0.29) is 0 Å². The highest BCUT2D eigenvalue weighted by atomic mass is 16.5. The van der Waals surface area contributed by atoms with Crippen LogP contribution in [-0.4, -0.2) is 63.2 Å². The third-order valence-corrected chi connectivity index (χ3v) is 3.61. The number of piperidine rings is 1. The molecule has 6 nitrogen and oxygen atoms in total. The molecule has 1 rings (SSSR count). The number of ether oxygens (including phenoxy) is 1. The maximum absolute atomic E-state index is 11.5. The van der Waals surface area contributed by atoms with Crippen molar-refractivity contribution in [3.05, 3.63) is 0 Å². The van der Waals surface area contributed by atoms with E-state index in [1.807, 2.05) is 6.92 Å². The predicted octanol–water partition coefficient (Wildman–Crippen LogP) is -0.0128. The van der Waals surface area contributed by atoms with Gasteiger partial charge in [0.1, 0.15) is 0 Å². The number of carbonyl (C=O) groups excluding carboxylic acids is 2. The molecule has 1 aliphatic rings. The summed E-state index contributed by atoms with van der Waals surface area (Å²) in [7, 11) is 1.71. The topological polar surface area (TPSA) is 70.7 Å². The van der Waals surface area contributed by atoms with Crippen molar-refractivity contribution >= 4 is 11.8 Å². The average molecular weight is 285 g/mol. The Morgan fingerprint density at radius 1 is 1.20 bits per heavy atom. The molecule has 0 atom stereocenters. The lowest BCUT2D eigenvalue weighted by Crippen LogP contribution is -2.44. The molecule has 1 saturated heterocycles. The Balaban J connectivity index is 2.14. The maximum atomic E-state index is 11.5. The van der Waals surface area contributed by atoms with Crippen molar-refractivity contribution in [3.8, 4) is 0 Å². The van der Waals surface area contributed by atoms with E-state index < -0.39 is 11.8 Å². The molecule has 0 unspecified atom stereocenters. The van der Waals surface area contributed by atoms with Crippen LogP contribution in [0.2, 0.25) is 0 Å². The Morgan fingerprint density at radius 2 is 1.85 bits per heavy atom. The fraction of sp³-hybridized carbons (Fsp3) is 0.857. The van der Waals surface area contributed by atoms with Gasteiger partial charge in [0.05, 0.1) is 6.61 Å². The highest BCUT2D eigenvalue weighted by Crippen LogP contribution is 2.15. The van der Waals surface area contributed by atoms with E-state index in [1.54, 1.807) is 7.11 Å². The van der Waals surface area contributed by atoms with Crippen LogP contribution < -0.4 is 10.6 Å². The van der Waals surface area contributed by atoms with Crippen LogP contribution in [0.5, 0.6) is 0 Å². The summed E-state index contributed by atoms with van der Waals surface area (Å²) in [6.45, 7) is 6.89. The van der Waals surface area contributed by atoms with Crippen LogP contribution in [-0.2, 0) is 14.3 Å². The number of amides is 2. The number of carbonyl (C=O) groups is 2. The minimum atomic E-state index is -0.524. The second-order valence-electron chi connectivity index (χ2n) is 5.24. The Labute approximate surface area is 121 Å². The van der Waals surface area contributed by atoms with E-state index in [2.05, 4.69) is 15.5 Å². The van der Waals surface area contributed by atoms with Gasteiger partial charge in [-0.15, -0.1) is 0 Å². The summed E-state index contributed by atoms with van der Waals surface area (Å²) in [6, 6.07) is 0. The van der Waals surface area contributed by atoms with Gasteiger partial charge in [-0.2, -0.15) is 0 Å². The van der Waals surface area contributed by atoms with E-state index in [4.69, 9.17) is 4.74 Å². The van der Waals surface area contributed by atoms with Crippen LogP contribution in [0, 0.1) is 5.92 Å². The van der Waals surface area contributed by atoms with Crippen LogP contribution in [0.15, 0.2) is 0 Å². The van der Waals surface area contributed by atoms with E-state index in [0.717, 1.165) is 45.5 Å². The number of nitrogens with one attached hydrogen (secondary N) is 2. The number of methoxy groups -OCH3 is 1. The molecule has 1 fully saturated rings. The number of rotatable bonds is 7. The highest BCUT2D eigenvalue weighted by molar-refractivity contribution is 6.35. The van der Waals surface area contributed by atoms with Crippen LogP contribution in [0.3, 0.4) is 0 Å². The molecular weight excluding hydrogens is 258 g/mol. The van der Waals surface area contributed by atoms with Crippen molar-refractivity contribution in [1.82, 2.24) is 15.5 Å². The first-order chi connectivity index (χ1) is 9.67. The quantitative estimate of drug-likeness (QED) is 0.645. The second kappa shape index (κ2) is 9.72. The molecule has 0 spiro atoms. The van der Waals surface area contributed by atoms with Crippen molar-refractivity contribution in [2.75, 3.05) is 46.4 Å². The van der Waals surface area contributed by atoms with E-state index in [1.165, 1.54) is 0 Å². The van der Waals surface area contributed by atoms with E-state index in [0.29, 0.717) is 19.0 Å². The van der Waals surface area contributed by atoms with Crippen LogP contribution in [0.1, 0.15) is 26.2 Å². The third kappa shape index (κ3) is 6.34. The average Bonchev–Trinajstić information content (AvgIpc) is 2.49. The van der Waals surface area contributed by atoms with Gasteiger partial charge in [0.15, 0.2) is 0 Å². The van der Waals surface area contributed by atoms with Gasteiger partial charge in [0, 0.05) is 26.7 Å². The largest absolute Gasteiger partial charge is 0.383 e. The number of nitrogens with zero attached hydrogens (tertiary/aromatic N) is 1. The lowest BCUT2D eigenvalue weighted by Gasteiger charge is -2.31. The van der Waals surface area contributed by atoms with Crippen LogP contribution in [0.25, 0.3) is 0 Å². The van der Waals surface area contributed by atoms with Crippen molar-refractivity contribution < 1.29 is 14.3 Å². The van der Waals surface area contributed by atoms with Crippen molar-refractivity contribution in [1.29, 1.82) is 0 Å². The predicted molar refractivity (Wildman–Crippen MR) is 77.4 cm³/mol. The summed E-state index contributed by atoms with van der Waals surface area (Å²) >= 11 is 0. The summed E-state index contributed by atoms with van der Waals surface area (Å²) in [5.41, 5.74) is 0. The zero-order chi connectivity index (χ0) is 14.8. The third-order valence-electron chi connectivity index (χ3n) is 3.61. The molecule has 0 aromatic carbocycles. The molecule has 2 amide bonds. The number of likely N-dealkylation sites (tertiary alicyclic amines) is 1. The fourth-order valence-electron chi connectivity index (χ4n) is 2.27. The normalized spacial score (nSPS) is 16.9. The number of hydrogen-bond acceptors (Lipinski definition) is 4. The SMILES string of the molecule is CCCNC(=O)C(=O)NCC1CCN(CCOC)CC1. The van der Waals surface area contributed by atoms with E-state index in [9.17, 15) is 9.59 Å². The first-order valence-electron chi connectivity index (χ1n) is 7.44. The molecule has 116 valence electrons. The van der Waals surface area contributed by atoms with Gasteiger partial charge in [-0.3, -0.25) is 9.59 Å². The van der Waals surface area contributed by atoms with Crippen LogP contribution in [0.4, 0.5) is 0 Å². The molecule has 0 aromatic heterocycles. The molecule has 1 heterocycles. The molecule has 0 aromatic rings. The molecule has 20 heavy (non-hydrogen) atoms. The zero-order valence-electron chi connectivity index (χ0n) is 12.6. The monoisotopic (exact) mass is 285 g/mol. The number of hydrogen-bond donors (Lipinski definition) is 2. The summed E-state index contributed by atoms with van der Waals surface area (Å²) in [5, 5.41) is 5.30. The summed E-state index contributed by atoms with van der Waals surface area (Å²) < 4.78 is 5.07. The molecular formula is C14H27N3O3. The minimum absolute atomic E-state index is 0.469. The molecule has 2 N–H and O–H groups in total. The Bertz CT molecular complexity index is 302. The summed E-state index contributed by atoms with van der Waals surface area (Å²) in [4.78, 5) is 25.3. The Hall–Kier alpha value is -1.14. The molecule has 6 heteroatoms.